The molecule has 1 atom stereocenters. The maximum atomic E-state index is 12.2. The van der Waals surface area contributed by atoms with Crippen LogP contribution in [0.2, 0.25) is 0 Å². The third kappa shape index (κ3) is 4.78. The van der Waals surface area contributed by atoms with Crippen molar-refractivity contribution in [3.63, 3.8) is 0 Å². The summed E-state index contributed by atoms with van der Waals surface area (Å²) in [6.07, 6.45) is 1.50. The number of β-amino-alcohol motifs (C(OH)–C–C–N with tert-alkyl or cyclic N) is 1. The van der Waals surface area contributed by atoms with E-state index < -0.39 is 6.10 Å². The lowest BCUT2D eigenvalue weighted by molar-refractivity contribution is 0.0836. The second-order valence-electron chi connectivity index (χ2n) is 8.16. The average Bonchev–Trinajstić information content (AvgIpc) is 3.12. The number of likely N-dealkylation sites (tertiary alicyclic amines) is 1. The van der Waals surface area contributed by atoms with Crippen molar-refractivity contribution >= 4 is 11.3 Å². The summed E-state index contributed by atoms with van der Waals surface area (Å²) in [6.45, 7) is 9.47. The summed E-state index contributed by atoms with van der Waals surface area (Å²) < 4.78 is 1.63. The standard InChI is InChI=1S/C19H28N4O2S/c1-19(2,3)17-4-5-18(25)23(21-17)10-14-6-8-22(9-7-14)11-16(24)15-12-26-13-20-15/h4-5,12-14,16,24H,6-11H2,1-3H3. The average molecular weight is 377 g/mol. The van der Waals surface area contributed by atoms with E-state index in [2.05, 4.69) is 35.8 Å². The van der Waals surface area contributed by atoms with Crippen molar-refractivity contribution in [1.82, 2.24) is 19.7 Å². The van der Waals surface area contributed by atoms with Crippen LogP contribution in [0, 0.1) is 5.92 Å². The van der Waals surface area contributed by atoms with Gasteiger partial charge in [-0.3, -0.25) is 4.79 Å². The van der Waals surface area contributed by atoms with Crippen LogP contribution in [0.25, 0.3) is 0 Å². The number of piperidine rings is 1. The van der Waals surface area contributed by atoms with Crippen molar-refractivity contribution in [3.05, 3.63) is 44.8 Å². The highest BCUT2D eigenvalue weighted by Gasteiger charge is 2.24. The molecule has 1 fully saturated rings. The van der Waals surface area contributed by atoms with Crippen LogP contribution in [0.5, 0.6) is 0 Å². The Labute approximate surface area is 158 Å². The van der Waals surface area contributed by atoms with Crippen LogP contribution in [0.4, 0.5) is 0 Å². The summed E-state index contributed by atoms with van der Waals surface area (Å²) in [4.78, 5) is 18.6. The van der Waals surface area contributed by atoms with Gasteiger partial charge in [0, 0.05) is 30.0 Å². The van der Waals surface area contributed by atoms with E-state index in [1.807, 2.05) is 11.4 Å². The van der Waals surface area contributed by atoms with Gasteiger partial charge in [-0.2, -0.15) is 5.10 Å². The van der Waals surface area contributed by atoms with Gasteiger partial charge in [-0.1, -0.05) is 20.8 Å². The molecule has 0 bridgehead atoms. The molecule has 26 heavy (non-hydrogen) atoms. The Bertz CT molecular complexity index is 759. The van der Waals surface area contributed by atoms with Gasteiger partial charge in [-0.05, 0) is 37.9 Å². The Kier molecular flexibility index (Phi) is 5.89. The first-order chi connectivity index (χ1) is 12.3. The zero-order chi connectivity index (χ0) is 18.7. The Morgan fingerprint density at radius 2 is 2.04 bits per heavy atom. The van der Waals surface area contributed by atoms with Gasteiger partial charge in [-0.15, -0.1) is 11.3 Å². The van der Waals surface area contributed by atoms with Crippen LogP contribution in [0.15, 0.2) is 27.8 Å². The topological polar surface area (TPSA) is 71.2 Å². The zero-order valence-electron chi connectivity index (χ0n) is 15.8. The molecule has 1 aliphatic rings. The van der Waals surface area contributed by atoms with Crippen molar-refractivity contribution in [1.29, 1.82) is 0 Å². The molecule has 1 N–H and O–H groups in total. The van der Waals surface area contributed by atoms with E-state index in [0.29, 0.717) is 19.0 Å². The molecule has 7 heteroatoms. The molecule has 3 heterocycles. The van der Waals surface area contributed by atoms with E-state index in [1.165, 1.54) is 11.3 Å². The van der Waals surface area contributed by atoms with E-state index in [0.717, 1.165) is 37.3 Å². The SMILES string of the molecule is CC(C)(C)c1ccc(=O)n(CC2CCN(CC(O)c3cscn3)CC2)n1. The van der Waals surface area contributed by atoms with Crippen molar-refractivity contribution in [3.8, 4) is 0 Å². The minimum absolute atomic E-state index is 0.0283. The Morgan fingerprint density at radius 3 is 2.65 bits per heavy atom. The lowest BCUT2D eigenvalue weighted by Crippen LogP contribution is -2.39. The fraction of sp³-hybridized carbons (Fsp3) is 0.632. The molecule has 0 saturated carbocycles. The molecule has 2 aromatic heterocycles. The van der Waals surface area contributed by atoms with Crippen LogP contribution < -0.4 is 5.56 Å². The van der Waals surface area contributed by atoms with Gasteiger partial charge >= 0.3 is 0 Å². The maximum absolute atomic E-state index is 12.2. The molecule has 1 saturated heterocycles. The lowest BCUT2D eigenvalue weighted by atomic mass is 9.92. The van der Waals surface area contributed by atoms with Crippen LogP contribution in [0.3, 0.4) is 0 Å². The van der Waals surface area contributed by atoms with Gasteiger partial charge in [-0.25, -0.2) is 9.67 Å². The molecule has 3 rings (SSSR count). The maximum Gasteiger partial charge on any atom is 0.266 e. The first kappa shape index (κ1) is 19.2. The molecule has 2 aromatic rings. The number of hydrogen-bond donors (Lipinski definition) is 1. The Hall–Kier alpha value is -1.57. The van der Waals surface area contributed by atoms with E-state index in [4.69, 9.17) is 0 Å². The van der Waals surface area contributed by atoms with Crippen LogP contribution in [-0.4, -0.2) is 44.4 Å². The Morgan fingerprint density at radius 1 is 1.31 bits per heavy atom. The van der Waals surface area contributed by atoms with Gasteiger partial charge in [0.15, 0.2) is 0 Å². The first-order valence-electron chi connectivity index (χ1n) is 9.20. The summed E-state index contributed by atoms with van der Waals surface area (Å²) in [5, 5.41) is 16.7. The minimum Gasteiger partial charge on any atom is -0.385 e. The second-order valence-corrected chi connectivity index (χ2v) is 8.88. The van der Waals surface area contributed by atoms with Crippen molar-refractivity contribution in [2.45, 2.75) is 51.7 Å². The largest absolute Gasteiger partial charge is 0.385 e. The number of aliphatic hydroxyl groups is 1. The third-order valence-corrected chi connectivity index (χ3v) is 5.60. The normalized spacial score (nSPS) is 18.2. The molecule has 0 aromatic carbocycles. The monoisotopic (exact) mass is 376 g/mol. The second kappa shape index (κ2) is 7.98. The fourth-order valence-electron chi connectivity index (χ4n) is 3.30. The van der Waals surface area contributed by atoms with Gasteiger partial charge in [0.1, 0.15) is 6.10 Å². The number of nitrogens with zero attached hydrogens (tertiary/aromatic N) is 4. The van der Waals surface area contributed by atoms with Gasteiger partial charge in [0.05, 0.1) is 16.9 Å². The van der Waals surface area contributed by atoms with Crippen molar-refractivity contribution in [2.75, 3.05) is 19.6 Å². The molecule has 1 aliphatic heterocycles. The smallest absolute Gasteiger partial charge is 0.266 e. The van der Waals surface area contributed by atoms with Crippen LogP contribution >= 0.6 is 11.3 Å². The molecule has 0 radical (unpaired) electrons. The zero-order valence-corrected chi connectivity index (χ0v) is 16.6. The van der Waals surface area contributed by atoms with E-state index in [-0.39, 0.29) is 11.0 Å². The number of thiazole rings is 1. The highest BCUT2D eigenvalue weighted by atomic mass is 32.1. The predicted octanol–water partition coefficient (Wildman–Crippen LogP) is 2.44. The summed E-state index contributed by atoms with van der Waals surface area (Å²) >= 11 is 1.51. The van der Waals surface area contributed by atoms with Crippen LogP contribution in [0.1, 0.15) is 51.1 Å². The van der Waals surface area contributed by atoms with E-state index in [1.54, 1.807) is 16.3 Å². The molecule has 0 aliphatic carbocycles. The lowest BCUT2D eigenvalue weighted by Gasteiger charge is -2.33. The highest BCUT2D eigenvalue weighted by Crippen LogP contribution is 2.22. The van der Waals surface area contributed by atoms with Crippen molar-refractivity contribution < 1.29 is 5.11 Å². The third-order valence-electron chi connectivity index (χ3n) is 5.00. The van der Waals surface area contributed by atoms with Gasteiger partial charge in [0.2, 0.25) is 0 Å². The number of rotatable bonds is 5. The molecule has 0 amide bonds. The molecular formula is C19H28N4O2S. The molecule has 6 nitrogen and oxygen atoms in total. The number of aromatic nitrogens is 3. The number of aliphatic hydroxyl groups excluding tert-OH is 1. The van der Waals surface area contributed by atoms with Crippen molar-refractivity contribution in [2.24, 2.45) is 5.92 Å². The highest BCUT2D eigenvalue weighted by molar-refractivity contribution is 7.07. The minimum atomic E-state index is -0.523. The summed E-state index contributed by atoms with van der Waals surface area (Å²) in [7, 11) is 0. The quantitative estimate of drug-likeness (QED) is 0.868. The first-order valence-corrected chi connectivity index (χ1v) is 10.1. The molecule has 142 valence electrons. The van der Waals surface area contributed by atoms with E-state index >= 15 is 0 Å². The summed E-state index contributed by atoms with van der Waals surface area (Å²) in [6, 6.07) is 3.47. The fourth-order valence-corrected chi connectivity index (χ4v) is 3.90. The Balaban J connectivity index is 1.55. The van der Waals surface area contributed by atoms with Gasteiger partial charge < -0.3 is 10.0 Å². The summed E-state index contributed by atoms with van der Waals surface area (Å²) in [5.41, 5.74) is 3.36. The van der Waals surface area contributed by atoms with Gasteiger partial charge in [0.25, 0.3) is 5.56 Å². The predicted molar refractivity (Wildman–Crippen MR) is 103 cm³/mol. The number of hydrogen-bond acceptors (Lipinski definition) is 6. The molecule has 1 unspecified atom stereocenters. The van der Waals surface area contributed by atoms with Crippen LogP contribution in [-0.2, 0) is 12.0 Å². The molecule has 0 spiro atoms. The molecular weight excluding hydrogens is 348 g/mol. The summed E-state index contributed by atoms with van der Waals surface area (Å²) in [5.74, 6) is 0.447. The van der Waals surface area contributed by atoms with E-state index in [9.17, 15) is 9.90 Å².